The van der Waals surface area contributed by atoms with Gasteiger partial charge in [0.25, 0.3) is 5.91 Å². The van der Waals surface area contributed by atoms with Crippen molar-refractivity contribution < 1.29 is 4.79 Å². The summed E-state index contributed by atoms with van der Waals surface area (Å²) in [4.78, 5) is 16.0. The number of carbonyl (C=O) groups excluding carboxylic acids is 1. The minimum absolute atomic E-state index is 0.157. The van der Waals surface area contributed by atoms with Crippen LogP contribution in [0.15, 0.2) is 29.0 Å². The van der Waals surface area contributed by atoms with E-state index in [-0.39, 0.29) is 5.91 Å². The van der Waals surface area contributed by atoms with Gasteiger partial charge in [-0.05, 0) is 34.1 Å². The Kier molecular flexibility index (Phi) is 4.16. The van der Waals surface area contributed by atoms with Crippen molar-refractivity contribution in [1.29, 1.82) is 0 Å². The van der Waals surface area contributed by atoms with Gasteiger partial charge in [-0.25, -0.2) is 4.98 Å². The van der Waals surface area contributed by atoms with Crippen LogP contribution in [0.2, 0.25) is 0 Å². The zero-order valence-corrected chi connectivity index (χ0v) is 12.0. The van der Waals surface area contributed by atoms with Gasteiger partial charge in [0, 0.05) is 35.7 Å². The number of hydrogen-bond acceptors (Lipinski definition) is 4. The first kappa shape index (κ1) is 13.5. The molecule has 0 aliphatic carbocycles. The highest BCUT2D eigenvalue weighted by atomic mass is 79.9. The van der Waals surface area contributed by atoms with E-state index in [0.717, 1.165) is 4.47 Å². The minimum atomic E-state index is -0.157. The molecule has 3 N–H and O–H groups in total. The van der Waals surface area contributed by atoms with Crippen molar-refractivity contribution in [3.05, 3.63) is 40.4 Å². The zero-order chi connectivity index (χ0) is 13.8. The van der Waals surface area contributed by atoms with E-state index in [1.54, 1.807) is 36.3 Å². The fraction of sp³-hybridized carbons (Fsp3) is 0.250. The first-order valence-corrected chi connectivity index (χ1v) is 6.53. The zero-order valence-electron chi connectivity index (χ0n) is 10.4. The van der Waals surface area contributed by atoms with Crippen LogP contribution in [-0.2, 0) is 13.5 Å². The quantitative estimate of drug-likeness (QED) is 0.826. The number of hydrogen-bond donors (Lipinski definition) is 2. The van der Waals surface area contributed by atoms with Crippen molar-refractivity contribution in [3.63, 3.8) is 0 Å². The molecule has 0 saturated heterocycles. The number of nitrogen functional groups attached to an aromatic ring is 1. The van der Waals surface area contributed by atoms with Crippen LogP contribution in [0.1, 0.15) is 16.2 Å². The summed E-state index contributed by atoms with van der Waals surface area (Å²) in [5.74, 6) is 0.549. The number of carbonyl (C=O) groups is 1. The van der Waals surface area contributed by atoms with E-state index in [9.17, 15) is 4.79 Å². The Morgan fingerprint density at radius 1 is 1.53 bits per heavy atom. The molecule has 0 atom stereocenters. The van der Waals surface area contributed by atoms with Crippen molar-refractivity contribution in [2.45, 2.75) is 6.42 Å². The summed E-state index contributed by atoms with van der Waals surface area (Å²) >= 11 is 3.29. The number of nitrogens with two attached hydrogens (primary N) is 1. The average molecular weight is 324 g/mol. The van der Waals surface area contributed by atoms with Crippen LogP contribution in [0.5, 0.6) is 0 Å². The Hall–Kier alpha value is -1.89. The Balaban J connectivity index is 1.89. The van der Waals surface area contributed by atoms with Gasteiger partial charge in [-0.2, -0.15) is 5.10 Å². The van der Waals surface area contributed by atoms with E-state index < -0.39 is 0 Å². The lowest BCUT2D eigenvalue weighted by Crippen LogP contribution is -2.26. The maximum atomic E-state index is 11.9. The van der Waals surface area contributed by atoms with Crippen LogP contribution in [0.4, 0.5) is 5.69 Å². The molecule has 0 radical (unpaired) electrons. The number of halogens is 1. The van der Waals surface area contributed by atoms with Gasteiger partial charge in [0.05, 0.1) is 0 Å². The highest BCUT2D eigenvalue weighted by Crippen LogP contribution is 2.19. The summed E-state index contributed by atoms with van der Waals surface area (Å²) in [5.41, 5.74) is 6.81. The van der Waals surface area contributed by atoms with Gasteiger partial charge in [0.2, 0.25) is 0 Å². The van der Waals surface area contributed by atoms with Gasteiger partial charge in [-0.15, -0.1) is 0 Å². The second-order valence-corrected chi connectivity index (χ2v) is 4.93. The molecule has 0 bridgehead atoms. The van der Waals surface area contributed by atoms with Crippen LogP contribution in [0.25, 0.3) is 0 Å². The lowest BCUT2D eigenvalue weighted by Gasteiger charge is -2.05. The molecule has 2 aromatic rings. The third-order valence-electron chi connectivity index (χ3n) is 2.54. The molecule has 100 valence electrons. The van der Waals surface area contributed by atoms with Crippen molar-refractivity contribution in [1.82, 2.24) is 20.1 Å². The SMILES string of the molecule is Cn1cnc(CCNC(=O)c2ccc(Br)c(N)c2)n1. The number of amides is 1. The monoisotopic (exact) mass is 323 g/mol. The summed E-state index contributed by atoms with van der Waals surface area (Å²) < 4.78 is 2.41. The fourth-order valence-corrected chi connectivity index (χ4v) is 1.82. The van der Waals surface area contributed by atoms with Crippen LogP contribution in [-0.4, -0.2) is 27.2 Å². The Labute approximate surface area is 119 Å². The smallest absolute Gasteiger partial charge is 0.251 e. The van der Waals surface area contributed by atoms with Gasteiger partial charge in [-0.3, -0.25) is 9.48 Å². The first-order valence-electron chi connectivity index (χ1n) is 5.74. The number of rotatable bonds is 4. The van der Waals surface area contributed by atoms with Crippen LogP contribution in [0, 0.1) is 0 Å². The lowest BCUT2D eigenvalue weighted by atomic mass is 10.2. The van der Waals surface area contributed by atoms with Crippen molar-refractivity contribution in [3.8, 4) is 0 Å². The molecule has 0 spiro atoms. The van der Waals surface area contributed by atoms with Crippen molar-refractivity contribution in [2.24, 2.45) is 7.05 Å². The predicted molar refractivity (Wildman–Crippen MR) is 75.6 cm³/mol. The fourth-order valence-electron chi connectivity index (χ4n) is 1.57. The van der Waals surface area contributed by atoms with E-state index in [4.69, 9.17) is 5.73 Å². The van der Waals surface area contributed by atoms with E-state index in [1.807, 2.05) is 0 Å². The summed E-state index contributed by atoms with van der Waals surface area (Å²) in [5, 5.41) is 6.94. The molecule has 1 aromatic carbocycles. The maximum absolute atomic E-state index is 11.9. The molecule has 19 heavy (non-hydrogen) atoms. The van der Waals surface area contributed by atoms with Gasteiger partial charge in [-0.1, -0.05) is 0 Å². The van der Waals surface area contributed by atoms with Crippen molar-refractivity contribution in [2.75, 3.05) is 12.3 Å². The molecule has 1 amide bonds. The molecule has 0 fully saturated rings. The number of aryl methyl sites for hydroxylation is 1. The molecular weight excluding hydrogens is 310 g/mol. The molecular formula is C12H14BrN5O. The summed E-state index contributed by atoms with van der Waals surface area (Å²) in [7, 11) is 1.81. The predicted octanol–water partition coefficient (Wildman–Crippen LogP) is 1.13. The number of aromatic nitrogens is 3. The first-order chi connectivity index (χ1) is 9.06. The molecule has 1 heterocycles. The van der Waals surface area contributed by atoms with Crippen LogP contribution in [0.3, 0.4) is 0 Å². The number of nitrogens with one attached hydrogen (secondary N) is 1. The lowest BCUT2D eigenvalue weighted by molar-refractivity contribution is 0.0954. The molecule has 0 unspecified atom stereocenters. The second-order valence-electron chi connectivity index (χ2n) is 4.08. The van der Waals surface area contributed by atoms with Crippen LogP contribution >= 0.6 is 15.9 Å². The topological polar surface area (TPSA) is 85.8 Å². The molecule has 0 saturated carbocycles. The average Bonchev–Trinajstić information content (AvgIpc) is 2.78. The number of nitrogens with zero attached hydrogens (tertiary/aromatic N) is 3. The maximum Gasteiger partial charge on any atom is 0.251 e. The molecule has 6 nitrogen and oxygen atoms in total. The molecule has 0 aliphatic heterocycles. The largest absolute Gasteiger partial charge is 0.398 e. The standard InChI is InChI=1S/C12H14BrN5O/c1-18-7-16-11(17-18)4-5-15-12(19)8-2-3-9(13)10(14)6-8/h2-3,6-7H,4-5,14H2,1H3,(H,15,19). The summed E-state index contributed by atoms with van der Waals surface area (Å²) in [6.45, 7) is 0.485. The molecule has 2 rings (SSSR count). The van der Waals surface area contributed by atoms with Gasteiger partial charge >= 0.3 is 0 Å². The number of anilines is 1. The van der Waals surface area contributed by atoms with E-state index in [2.05, 4.69) is 31.3 Å². The van der Waals surface area contributed by atoms with E-state index in [0.29, 0.717) is 30.0 Å². The van der Waals surface area contributed by atoms with Gasteiger partial charge in [0.15, 0.2) is 5.82 Å². The third kappa shape index (κ3) is 3.54. The highest BCUT2D eigenvalue weighted by molar-refractivity contribution is 9.10. The molecule has 1 aromatic heterocycles. The summed E-state index contributed by atoms with van der Waals surface area (Å²) in [6, 6.07) is 5.11. The van der Waals surface area contributed by atoms with Gasteiger partial charge in [0.1, 0.15) is 6.33 Å². The highest BCUT2D eigenvalue weighted by Gasteiger charge is 2.07. The van der Waals surface area contributed by atoms with Gasteiger partial charge < -0.3 is 11.1 Å². The second kappa shape index (κ2) is 5.83. The summed E-state index contributed by atoms with van der Waals surface area (Å²) in [6.07, 6.45) is 2.23. The molecule has 0 aliphatic rings. The van der Waals surface area contributed by atoms with E-state index in [1.165, 1.54) is 0 Å². The molecule has 7 heteroatoms. The third-order valence-corrected chi connectivity index (χ3v) is 3.26. The minimum Gasteiger partial charge on any atom is -0.398 e. The number of benzene rings is 1. The van der Waals surface area contributed by atoms with Crippen molar-refractivity contribution >= 4 is 27.5 Å². The van der Waals surface area contributed by atoms with Crippen LogP contribution < -0.4 is 11.1 Å². The Morgan fingerprint density at radius 2 is 2.32 bits per heavy atom. The Bertz CT molecular complexity index is 596. The normalized spacial score (nSPS) is 10.4. The Morgan fingerprint density at radius 3 is 2.95 bits per heavy atom. The van der Waals surface area contributed by atoms with E-state index >= 15 is 0 Å².